The lowest BCUT2D eigenvalue weighted by Gasteiger charge is -2.38. The number of fused-ring (bicyclic) bond motifs is 3. The van der Waals surface area contributed by atoms with Gasteiger partial charge >= 0.3 is 12.1 Å². The van der Waals surface area contributed by atoms with Crippen molar-refractivity contribution in [2.24, 2.45) is 0 Å². The van der Waals surface area contributed by atoms with Crippen LogP contribution in [-0.4, -0.2) is 41.3 Å². The maximum atomic E-state index is 12.6. The molecule has 0 saturated heterocycles. The molecule has 2 aromatic rings. The Labute approximate surface area is 193 Å². The van der Waals surface area contributed by atoms with Gasteiger partial charge in [-0.15, -0.1) is 0 Å². The smallest absolute Gasteiger partial charge is 0.407 e. The molecule has 7 heteroatoms. The van der Waals surface area contributed by atoms with Gasteiger partial charge in [-0.2, -0.15) is 0 Å². The minimum atomic E-state index is -1.16. The quantitative estimate of drug-likeness (QED) is 0.531. The van der Waals surface area contributed by atoms with E-state index in [1.165, 1.54) is 0 Å². The molecule has 0 radical (unpaired) electrons. The highest BCUT2D eigenvalue weighted by atomic mass is 16.5. The summed E-state index contributed by atoms with van der Waals surface area (Å²) >= 11 is 0. The first-order valence-electron chi connectivity index (χ1n) is 11.6. The number of carboxylic acid groups (broad SMARTS) is 1. The van der Waals surface area contributed by atoms with Crippen molar-refractivity contribution in [3.05, 3.63) is 59.7 Å². The number of amides is 2. The number of carbonyl (C=O) groups excluding carboxylic acids is 2. The van der Waals surface area contributed by atoms with Crippen molar-refractivity contribution < 1.29 is 24.2 Å². The SMILES string of the molecule is CCC[C@@H](CC(=O)NC1(C(=O)O)CCC1)NC(=O)OCC1c2ccccc2-c2ccccc21. The average Bonchev–Trinajstić information content (AvgIpc) is 3.08. The van der Waals surface area contributed by atoms with Gasteiger partial charge < -0.3 is 20.5 Å². The third kappa shape index (κ3) is 4.72. The van der Waals surface area contributed by atoms with Gasteiger partial charge in [-0.05, 0) is 47.9 Å². The number of nitrogens with one attached hydrogen (secondary N) is 2. The third-order valence-electron chi connectivity index (χ3n) is 6.73. The molecule has 174 valence electrons. The Morgan fingerprint density at radius 3 is 2.18 bits per heavy atom. The molecule has 33 heavy (non-hydrogen) atoms. The lowest BCUT2D eigenvalue weighted by atomic mass is 9.76. The highest BCUT2D eigenvalue weighted by Gasteiger charge is 2.45. The fourth-order valence-electron chi connectivity index (χ4n) is 4.84. The molecule has 2 aromatic carbocycles. The summed E-state index contributed by atoms with van der Waals surface area (Å²) in [5.41, 5.74) is 3.43. The second-order valence-corrected chi connectivity index (χ2v) is 8.95. The Balaban J connectivity index is 1.35. The summed E-state index contributed by atoms with van der Waals surface area (Å²) in [5.74, 6) is -1.40. The number of ether oxygens (including phenoxy) is 1. The van der Waals surface area contributed by atoms with Crippen LogP contribution in [0.15, 0.2) is 48.5 Å². The first-order valence-corrected chi connectivity index (χ1v) is 11.6. The van der Waals surface area contributed by atoms with Gasteiger partial charge in [0.2, 0.25) is 5.91 Å². The predicted octanol–water partition coefficient (Wildman–Crippen LogP) is 4.21. The van der Waals surface area contributed by atoms with Crippen molar-refractivity contribution in [1.82, 2.24) is 10.6 Å². The van der Waals surface area contributed by atoms with Gasteiger partial charge in [0, 0.05) is 18.4 Å². The topological polar surface area (TPSA) is 105 Å². The van der Waals surface area contributed by atoms with Crippen molar-refractivity contribution >= 4 is 18.0 Å². The van der Waals surface area contributed by atoms with E-state index in [0.29, 0.717) is 19.3 Å². The molecule has 0 aliphatic heterocycles. The van der Waals surface area contributed by atoms with E-state index in [2.05, 4.69) is 34.9 Å². The second-order valence-electron chi connectivity index (χ2n) is 8.95. The van der Waals surface area contributed by atoms with Gasteiger partial charge in [-0.1, -0.05) is 61.9 Å². The van der Waals surface area contributed by atoms with Gasteiger partial charge in [0.15, 0.2) is 0 Å². The van der Waals surface area contributed by atoms with Gasteiger partial charge in [-0.3, -0.25) is 4.79 Å². The Morgan fingerprint density at radius 1 is 1.06 bits per heavy atom. The van der Waals surface area contributed by atoms with E-state index in [9.17, 15) is 19.5 Å². The van der Waals surface area contributed by atoms with E-state index >= 15 is 0 Å². The standard InChI is InChI=1S/C26H30N2O5/c1-2-8-17(15-23(29)28-26(24(30)31)13-7-14-26)27-25(32)33-16-22-20-11-5-3-9-18(20)19-10-4-6-12-21(19)22/h3-6,9-12,17,22H,2,7-8,13-16H2,1H3,(H,27,32)(H,28,29)(H,30,31)/t17-/m0/s1. The van der Waals surface area contributed by atoms with Crippen LogP contribution in [0.3, 0.4) is 0 Å². The Bertz CT molecular complexity index is 1000. The van der Waals surface area contributed by atoms with Crippen LogP contribution in [0.25, 0.3) is 11.1 Å². The molecule has 1 saturated carbocycles. The van der Waals surface area contributed by atoms with Crippen molar-refractivity contribution in [3.8, 4) is 11.1 Å². The number of carbonyl (C=O) groups is 3. The summed E-state index contributed by atoms with van der Waals surface area (Å²) in [6.45, 7) is 2.17. The van der Waals surface area contributed by atoms with Gasteiger partial charge in [0.25, 0.3) is 0 Å². The first kappa shape index (κ1) is 22.8. The van der Waals surface area contributed by atoms with Crippen LogP contribution in [0.5, 0.6) is 0 Å². The molecular weight excluding hydrogens is 420 g/mol. The number of rotatable bonds is 9. The molecule has 2 aliphatic carbocycles. The lowest BCUT2D eigenvalue weighted by molar-refractivity contribution is -0.151. The van der Waals surface area contributed by atoms with Gasteiger partial charge in [0.05, 0.1) is 0 Å². The summed E-state index contributed by atoms with van der Waals surface area (Å²) in [6, 6.07) is 15.8. The number of hydrogen-bond donors (Lipinski definition) is 3. The summed E-state index contributed by atoms with van der Waals surface area (Å²) in [7, 11) is 0. The summed E-state index contributed by atoms with van der Waals surface area (Å²) in [4.78, 5) is 36.6. The van der Waals surface area contributed by atoms with E-state index in [0.717, 1.165) is 35.1 Å². The average molecular weight is 451 g/mol. The third-order valence-corrected chi connectivity index (χ3v) is 6.73. The Kier molecular flexibility index (Phi) is 6.67. The molecule has 3 N–H and O–H groups in total. The molecule has 7 nitrogen and oxygen atoms in total. The van der Waals surface area contributed by atoms with Crippen LogP contribution < -0.4 is 10.6 Å². The van der Waals surface area contributed by atoms with E-state index in [-0.39, 0.29) is 24.9 Å². The van der Waals surface area contributed by atoms with Crippen LogP contribution in [-0.2, 0) is 14.3 Å². The molecule has 2 amide bonds. The maximum Gasteiger partial charge on any atom is 0.407 e. The van der Waals surface area contributed by atoms with Crippen LogP contribution in [0.4, 0.5) is 4.79 Å². The zero-order chi connectivity index (χ0) is 23.4. The normalized spacial score (nSPS) is 16.6. The Hall–Kier alpha value is -3.35. The summed E-state index contributed by atoms with van der Waals surface area (Å²) in [5, 5.41) is 14.9. The van der Waals surface area contributed by atoms with E-state index in [4.69, 9.17) is 4.74 Å². The highest BCUT2D eigenvalue weighted by Crippen LogP contribution is 2.44. The van der Waals surface area contributed by atoms with Crippen molar-refractivity contribution in [2.75, 3.05) is 6.61 Å². The van der Waals surface area contributed by atoms with E-state index < -0.39 is 23.6 Å². The van der Waals surface area contributed by atoms with Crippen LogP contribution in [0.1, 0.15) is 62.5 Å². The fourth-order valence-corrected chi connectivity index (χ4v) is 4.84. The molecule has 0 unspecified atom stereocenters. The molecule has 0 bridgehead atoms. The van der Waals surface area contributed by atoms with Crippen molar-refractivity contribution in [1.29, 1.82) is 0 Å². The molecule has 1 fully saturated rings. The van der Waals surface area contributed by atoms with Gasteiger partial charge in [-0.25, -0.2) is 9.59 Å². The molecule has 0 aromatic heterocycles. The monoisotopic (exact) mass is 450 g/mol. The van der Waals surface area contributed by atoms with Gasteiger partial charge in [0.1, 0.15) is 12.1 Å². The number of hydrogen-bond acceptors (Lipinski definition) is 4. The molecule has 4 rings (SSSR count). The first-order chi connectivity index (χ1) is 15.9. The fraction of sp³-hybridized carbons (Fsp3) is 0.423. The Morgan fingerprint density at radius 2 is 1.67 bits per heavy atom. The number of aliphatic carboxylic acids is 1. The zero-order valence-electron chi connectivity index (χ0n) is 18.8. The molecule has 0 heterocycles. The largest absolute Gasteiger partial charge is 0.480 e. The molecule has 2 aliphatic rings. The minimum Gasteiger partial charge on any atom is -0.480 e. The van der Waals surface area contributed by atoms with Crippen LogP contribution in [0.2, 0.25) is 0 Å². The maximum absolute atomic E-state index is 12.6. The molecular formula is C26H30N2O5. The van der Waals surface area contributed by atoms with E-state index in [1.54, 1.807) is 0 Å². The lowest BCUT2D eigenvalue weighted by Crippen LogP contribution is -2.59. The van der Waals surface area contributed by atoms with Crippen LogP contribution in [0, 0.1) is 0 Å². The van der Waals surface area contributed by atoms with Crippen molar-refractivity contribution in [3.63, 3.8) is 0 Å². The summed E-state index contributed by atoms with van der Waals surface area (Å²) < 4.78 is 5.59. The molecule has 0 spiro atoms. The highest BCUT2D eigenvalue weighted by molar-refractivity contribution is 5.88. The number of benzene rings is 2. The molecule has 1 atom stereocenters. The van der Waals surface area contributed by atoms with Crippen molar-refractivity contribution in [2.45, 2.75) is 62.9 Å². The number of carboxylic acids is 1. The number of alkyl carbamates (subject to hydrolysis) is 1. The predicted molar refractivity (Wildman–Crippen MR) is 124 cm³/mol. The summed E-state index contributed by atoms with van der Waals surface area (Å²) in [6.07, 6.45) is 2.47. The second kappa shape index (κ2) is 9.65. The van der Waals surface area contributed by atoms with Crippen LogP contribution >= 0.6 is 0 Å². The zero-order valence-corrected chi connectivity index (χ0v) is 18.8. The van der Waals surface area contributed by atoms with E-state index in [1.807, 2.05) is 31.2 Å². The minimum absolute atomic E-state index is 0.0209.